The molecule has 0 saturated carbocycles. The lowest BCUT2D eigenvalue weighted by atomic mass is 10.2. The Balaban J connectivity index is 2.33. The van der Waals surface area contributed by atoms with Gasteiger partial charge in [0.2, 0.25) is 5.91 Å². The lowest BCUT2D eigenvalue weighted by Gasteiger charge is -2.16. The molecule has 3 N–H and O–H groups in total. The largest absolute Gasteiger partial charge is 0.399 e. The average molecular weight is 279 g/mol. The molecule has 0 spiro atoms. The van der Waals surface area contributed by atoms with E-state index in [2.05, 4.69) is 10.2 Å². The van der Waals surface area contributed by atoms with Gasteiger partial charge in [-0.3, -0.25) is 4.79 Å². The van der Waals surface area contributed by atoms with Crippen LogP contribution in [0, 0.1) is 6.92 Å². The number of hydrogen-bond acceptors (Lipinski definition) is 4. The fourth-order valence-electron chi connectivity index (χ4n) is 1.92. The molecule has 0 aliphatic carbocycles. The summed E-state index contributed by atoms with van der Waals surface area (Å²) in [5.74, 6) is 0.0245. The number of anilines is 2. The summed E-state index contributed by atoms with van der Waals surface area (Å²) in [5.41, 5.74) is 8.20. The first kappa shape index (κ1) is 16.5. The molecule has 1 rings (SSSR count). The molecule has 1 amide bonds. The van der Waals surface area contributed by atoms with Crippen molar-refractivity contribution in [3.8, 4) is 0 Å². The van der Waals surface area contributed by atoms with Crippen LogP contribution >= 0.6 is 0 Å². The van der Waals surface area contributed by atoms with Crippen LogP contribution in [0.1, 0.15) is 18.4 Å². The van der Waals surface area contributed by atoms with Gasteiger partial charge in [-0.1, -0.05) is 0 Å². The fraction of sp³-hybridized carbons (Fsp3) is 0.533. The van der Waals surface area contributed by atoms with Gasteiger partial charge in [-0.05, 0) is 44.2 Å². The number of nitrogen functional groups attached to an aromatic ring is 1. The first-order chi connectivity index (χ1) is 9.52. The monoisotopic (exact) mass is 279 g/mol. The molecular weight excluding hydrogens is 254 g/mol. The second-order valence-electron chi connectivity index (χ2n) is 5.02. The van der Waals surface area contributed by atoms with Gasteiger partial charge < -0.3 is 20.7 Å². The molecule has 0 fully saturated rings. The molecule has 0 saturated heterocycles. The van der Waals surface area contributed by atoms with Crippen LogP contribution in [0.15, 0.2) is 18.2 Å². The molecule has 0 atom stereocenters. The number of methoxy groups -OCH3 is 1. The van der Waals surface area contributed by atoms with E-state index < -0.39 is 0 Å². The minimum absolute atomic E-state index is 0.0245. The zero-order chi connectivity index (χ0) is 15.0. The van der Waals surface area contributed by atoms with Crippen LogP contribution in [0.2, 0.25) is 0 Å². The molecule has 112 valence electrons. The predicted octanol–water partition coefficient (Wildman–Crippen LogP) is 1.87. The van der Waals surface area contributed by atoms with Crippen molar-refractivity contribution in [1.82, 2.24) is 4.90 Å². The number of carbonyl (C=O) groups excluding carboxylic acids is 1. The van der Waals surface area contributed by atoms with E-state index in [1.165, 1.54) is 0 Å². The van der Waals surface area contributed by atoms with E-state index in [1.807, 2.05) is 26.1 Å². The highest BCUT2D eigenvalue weighted by Gasteiger charge is 2.07. The standard InChI is InChI=1S/C15H25N3O2/c1-12-11-13(16)5-6-14(12)17-15(19)7-9-18(2)8-4-10-20-3/h5-6,11H,4,7-10,16H2,1-3H3,(H,17,19). The summed E-state index contributed by atoms with van der Waals surface area (Å²) < 4.78 is 5.00. The first-order valence-corrected chi connectivity index (χ1v) is 6.86. The van der Waals surface area contributed by atoms with Gasteiger partial charge in [-0.15, -0.1) is 0 Å². The van der Waals surface area contributed by atoms with Gasteiger partial charge in [0.1, 0.15) is 0 Å². The normalized spacial score (nSPS) is 10.8. The molecule has 0 aliphatic rings. The predicted molar refractivity (Wildman–Crippen MR) is 82.8 cm³/mol. The van der Waals surface area contributed by atoms with Gasteiger partial charge in [0.05, 0.1) is 0 Å². The Kier molecular flexibility index (Phi) is 7.04. The van der Waals surface area contributed by atoms with Gasteiger partial charge in [0, 0.05) is 44.6 Å². The summed E-state index contributed by atoms with van der Waals surface area (Å²) in [6.07, 6.45) is 1.46. The molecule has 0 unspecified atom stereocenters. The van der Waals surface area contributed by atoms with Crippen LogP contribution in [-0.4, -0.2) is 44.7 Å². The quantitative estimate of drug-likeness (QED) is 0.563. The summed E-state index contributed by atoms with van der Waals surface area (Å²) in [4.78, 5) is 14.0. The molecule has 0 aliphatic heterocycles. The SMILES string of the molecule is COCCCN(C)CCC(=O)Nc1ccc(N)cc1C. The van der Waals surface area contributed by atoms with E-state index in [-0.39, 0.29) is 5.91 Å². The molecule has 1 aromatic carbocycles. The van der Waals surface area contributed by atoms with E-state index in [1.54, 1.807) is 13.2 Å². The van der Waals surface area contributed by atoms with Crippen LogP contribution in [-0.2, 0) is 9.53 Å². The zero-order valence-electron chi connectivity index (χ0n) is 12.6. The average Bonchev–Trinajstić information content (AvgIpc) is 2.40. The van der Waals surface area contributed by atoms with Crippen molar-refractivity contribution in [1.29, 1.82) is 0 Å². The molecule has 20 heavy (non-hydrogen) atoms. The van der Waals surface area contributed by atoms with Crippen LogP contribution < -0.4 is 11.1 Å². The topological polar surface area (TPSA) is 67.6 Å². The third-order valence-corrected chi connectivity index (χ3v) is 3.13. The lowest BCUT2D eigenvalue weighted by molar-refractivity contribution is -0.116. The van der Waals surface area contributed by atoms with E-state index in [4.69, 9.17) is 10.5 Å². The number of nitrogens with one attached hydrogen (secondary N) is 1. The molecule has 0 heterocycles. The minimum atomic E-state index is 0.0245. The Morgan fingerprint density at radius 2 is 2.15 bits per heavy atom. The summed E-state index contributed by atoms with van der Waals surface area (Å²) >= 11 is 0. The number of rotatable bonds is 8. The van der Waals surface area contributed by atoms with Gasteiger partial charge in [0.15, 0.2) is 0 Å². The molecule has 1 aromatic rings. The number of hydrogen-bond donors (Lipinski definition) is 2. The van der Waals surface area contributed by atoms with Gasteiger partial charge >= 0.3 is 0 Å². The molecule has 0 aromatic heterocycles. The number of benzene rings is 1. The minimum Gasteiger partial charge on any atom is -0.399 e. The van der Waals surface area contributed by atoms with Crippen LogP contribution in [0.4, 0.5) is 11.4 Å². The number of aryl methyl sites for hydroxylation is 1. The summed E-state index contributed by atoms with van der Waals surface area (Å²) in [5, 5.41) is 2.91. The van der Waals surface area contributed by atoms with Gasteiger partial charge in [0.25, 0.3) is 0 Å². The number of amides is 1. The van der Waals surface area contributed by atoms with Crippen LogP contribution in [0.25, 0.3) is 0 Å². The first-order valence-electron chi connectivity index (χ1n) is 6.86. The molecule has 0 radical (unpaired) electrons. The van der Waals surface area contributed by atoms with Gasteiger partial charge in [-0.25, -0.2) is 0 Å². The second kappa shape index (κ2) is 8.55. The molecular formula is C15H25N3O2. The van der Waals surface area contributed by atoms with E-state index in [0.717, 1.165) is 37.4 Å². The zero-order valence-corrected chi connectivity index (χ0v) is 12.6. The van der Waals surface area contributed by atoms with Crippen molar-refractivity contribution >= 4 is 17.3 Å². The Labute approximate surface area is 121 Å². The Hall–Kier alpha value is -1.59. The maximum atomic E-state index is 11.9. The van der Waals surface area contributed by atoms with E-state index in [0.29, 0.717) is 12.1 Å². The van der Waals surface area contributed by atoms with Crippen molar-refractivity contribution in [3.63, 3.8) is 0 Å². The Morgan fingerprint density at radius 1 is 1.40 bits per heavy atom. The number of nitrogens with two attached hydrogens (primary N) is 1. The third-order valence-electron chi connectivity index (χ3n) is 3.13. The highest BCUT2D eigenvalue weighted by atomic mass is 16.5. The molecule has 5 nitrogen and oxygen atoms in total. The van der Waals surface area contributed by atoms with Crippen molar-refractivity contribution in [2.45, 2.75) is 19.8 Å². The number of nitrogens with zero attached hydrogens (tertiary/aromatic N) is 1. The second-order valence-corrected chi connectivity index (χ2v) is 5.02. The fourth-order valence-corrected chi connectivity index (χ4v) is 1.92. The van der Waals surface area contributed by atoms with Crippen molar-refractivity contribution in [2.75, 3.05) is 44.9 Å². The number of ether oxygens (including phenoxy) is 1. The van der Waals surface area contributed by atoms with Crippen LogP contribution in [0.5, 0.6) is 0 Å². The Morgan fingerprint density at radius 3 is 2.80 bits per heavy atom. The van der Waals surface area contributed by atoms with Crippen molar-refractivity contribution < 1.29 is 9.53 Å². The lowest BCUT2D eigenvalue weighted by Crippen LogP contribution is -2.26. The van der Waals surface area contributed by atoms with E-state index >= 15 is 0 Å². The van der Waals surface area contributed by atoms with Crippen LogP contribution in [0.3, 0.4) is 0 Å². The highest BCUT2D eigenvalue weighted by molar-refractivity contribution is 5.91. The summed E-state index contributed by atoms with van der Waals surface area (Å²) in [6.45, 7) is 4.36. The molecule has 5 heteroatoms. The number of carbonyl (C=O) groups is 1. The maximum Gasteiger partial charge on any atom is 0.225 e. The smallest absolute Gasteiger partial charge is 0.225 e. The van der Waals surface area contributed by atoms with Crippen molar-refractivity contribution in [2.24, 2.45) is 0 Å². The molecule has 0 bridgehead atoms. The summed E-state index contributed by atoms with van der Waals surface area (Å²) in [6, 6.07) is 5.48. The highest BCUT2D eigenvalue weighted by Crippen LogP contribution is 2.17. The Bertz CT molecular complexity index is 435. The van der Waals surface area contributed by atoms with E-state index in [9.17, 15) is 4.79 Å². The third kappa shape index (κ3) is 6.04. The maximum absolute atomic E-state index is 11.9. The van der Waals surface area contributed by atoms with Gasteiger partial charge in [-0.2, -0.15) is 0 Å². The van der Waals surface area contributed by atoms with Crippen molar-refractivity contribution in [3.05, 3.63) is 23.8 Å². The summed E-state index contributed by atoms with van der Waals surface area (Å²) in [7, 11) is 3.71.